The minimum atomic E-state index is -3.09. The van der Waals surface area contributed by atoms with Crippen LogP contribution in [0.1, 0.15) is 26.7 Å². The van der Waals surface area contributed by atoms with E-state index in [1.165, 1.54) is 12.2 Å². The smallest absolute Gasteiger partial charge is 0.212 e. The van der Waals surface area contributed by atoms with Crippen molar-refractivity contribution in [1.29, 1.82) is 0 Å². The van der Waals surface area contributed by atoms with Gasteiger partial charge in [0, 0.05) is 24.4 Å². The maximum Gasteiger partial charge on any atom is 0.212 e. The van der Waals surface area contributed by atoms with Crippen molar-refractivity contribution in [2.45, 2.75) is 38.0 Å². The van der Waals surface area contributed by atoms with Crippen LogP contribution < -0.4 is 10.0 Å². The van der Waals surface area contributed by atoms with Gasteiger partial charge in [-0.15, -0.1) is 0 Å². The fourth-order valence-electron chi connectivity index (χ4n) is 1.58. The van der Waals surface area contributed by atoms with E-state index in [-0.39, 0.29) is 5.75 Å². The molecule has 1 rings (SSSR count). The highest BCUT2D eigenvalue weighted by molar-refractivity contribution is 8.00. The van der Waals surface area contributed by atoms with Gasteiger partial charge in [0.25, 0.3) is 0 Å². The zero-order valence-corrected chi connectivity index (χ0v) is 11.7. The van der Waals surface area contributed by atoms with E-state index in [1.54, 1.807) is 0 Å². The van der Waals surface area contributed by atoms with Crippen LogP contribution >= 0.6 is 11.8 Å². The van der Waals surface area contributed by atoms with Crippen molar-refractivity contribution in [3.05, 3.63) is 0 Å². The molecule has 16 heavy (non-hydrogen) atoms. The van der Waals surface area contributed by atoms with Gasteiger partial charge in [0.1, 0.15) is 0 Å². The van der Waals surface area contributed by atoms with Crippen molar-refractivity contribution < 1.29 is 8.42 Å². The van der Waals surface area contributed by atoms with E-state index in [9.17, 15) is 8.42 Å². The summed E-state index contributed by atoms with van der Waals surface area (Å²) in [7, 11) is -3.09. The molecule has 1 saturated heterocycles. The number of rotatable bonds is 7. The van der Waals surface area contributed by atoms with Crippen molar-refractivity contribution in [1.82, 2.24) is 10.0 Å². The summed E-state index contributed by atoms with van der Waals surface area (Å²) < 4.78 is 25.9. The van der Waals surface area contributed by atoms with Crippen LogP contribution in [0.25, 0.3) is 0 Å². The van der Waals surface area contributed by atoms with Crippen LogP contribution in [0.3, 0.4) is 0 Å². The van der Waals surface area contributed by atoms with E-state index >= 15 is 0 Å². The molecule has 6 heteroatoms. The molecular weight excluding hydrogens is 244 g/mol. The molecule has 0 spiro atoms. The van der Waals surface area contributed by atoms with Crippen LogP contribution in [0.15, 0.2) is 0 Å². The Labute approximate surface area is 103 Å². The van der Waals surface area contributed by atoms with Crippen molar-refractivity contribution in [3.8, 4) is 0 Å². The van der Waals surface area contributed by atoms with Crippen LogP contribution in [0.4, 0.5) is 0 Å². The zero-order chi connectivity index (χ0) is 12.0. The monoisotopic (exact) mass is 266 g/mol. The molecule has 0 radical (unpaired) electrons. The molecule has 1 atom stereocenters. The Hall–Kier alpha value is 0.220. The third kappa shape index (κ3) is 6.08. The Balaban J connectivity index is 2.17. The topological polar surface area (TPSA) is 58.2 Å². The Bertz CT molecular complexity index is 285. The summed E-state index contributed by atoms with van der Waals surface area (Å²) in [4.78, 5) is 0. The van der Waals surface area contributed by atoms with Crippen molar-refractivity contribution in [2.75, 3.05) is 24.6 Å². The van der Waals surface area contributed by atoms with Gasteiger partial charge in [-0.3, -0.25) is 0 Å². The molecule has 0 bridgehead atoms. The standard InChI is InChI=1S/C10H22N2O2S2/c1-9(2)11-5-7-16(13,14)12-8-10-4-3-6-15-10/h9-12H,3-8H2,1-2H3. The van der Waals surface area contributed by atoms with Gasteiger partial charge in [-0.2, -0.15) is 11.8 Å². The normalized spacial score (nSPS) is 21.8. The molecule has 0 aromatic carbocycles. The summed E-state index contributed by atoms with van der Waals surface area (Å²) in [6.45, 7) is 5.13. The molecule has 1 aliphatic heterocycles. The lowest BCUT2D eigenvalue weighted by Crippen LogP contribution is -2.36. The van der Waals surface area contributed by atoms with Crippen LogP contribution in [-0.4, -0.2) is 44.3 Å². The van der Waals surface area contributed by atoms with Gasteiger partial charge >= 0.3 is 0 Å². The Kier molecular flexibility index (Phi) is 6.10. The molecule has 96 valence electrons. The summed E-state index contributed by atoms with van der Waals surface area (Å²) in [6.07, 6.45) is 2.35. The van der Waals surface area contributed by atoms with Crippen molar-refractivity contribution in [3.63, 3.8) is 0 Å². The fourth-order valence-corrected chi connectivity index (χ4v) is 3.87. The first kappa shape index (κ1) is 14.3. The predicted octanol–water partition coefficient (Wildman–Crippen LogP) is 0.799. The average molecular weight is 266 g/mol. The van der Waals surface area contributed by atoms with Crippen LogP contribution in [0, 0.1) is 0 Å². The molecule has 0 aromatic rings. The highest BCUT2D eigenvalue weighted by Crippen LogP contribution is 2.25. The predicted molar refractivity (Wildman–Crippen MR) is 70.4 cm³/mol. The minimum absolute atomic E-state index is 0.169. The van der Waals surface area contributed by atoms with E-state index in [0.29, 0.717) is 24.4 Å². The van der Waals surface area contributed by atoms with Crippen molar-refractivity contribution in [2.24, 2.45) is 0 Å². The van der Waals surface area contributed by atoms with E-state index in [4.69, 9.17) is 0 Å². The lowest BCUT2D eigenvalue weighted by atomic mass is 10.2. The number of sulfonamides is 1. The van der Waals surface area contributed by atoms with Gasteiger partial charge in [-0.1, -0.05) is 13.8 Å². The Morgan fingerprint density at radius 1 is 1.44 bits per heavy atom. The summed E-state index contributed by atoms with van der Waals surface area (Å²) in [6, 6.07) is 0.334. The highest BCUT2D eigenvalue weighted by atomic mass is 32.2. The third-order valence-corrected chi connectivity index (χ3v) is 5.22. The summed E-state index contributed by atoms with van der Waals surface area (Å²) in [5, 5.41) is 3.58. The third-order valence-electron chi connectivity index (χ3n) is 2.48. The van der Waals surface area contributed by atoms with E-state index in [1.807, 2.05) is 25.6 Å². The summed E-state index contributed by atoms with van der Waals surface area (Å²) >= 11 is 1.87. The molecule has 1 aliphatic rings. The summed E-state index contributed by atoms with van der Waals surface area (Å²) in [5.41, 5.74) is 0. The van der Waals surface area contributed by atoms with Crippen molar-refractivity contribution >= 4 is 21.8 Å². The maximum absolute atomic E-state index is 11.6. The lowest BCUT2D eigenvalue weighted by molar-refractivity contribution is 0.565. The van der Waals surface area contributed by atoms with E-state index in [2.05, 4.69) is 10.0 Å². The van der Waals surface area contributed by atoms with E-state index in [0.717, 1.165) is 6.42 Å². The largest absolute Gasteiger partial charge is 0.313 e. The van der Waals surface area contributed by atoms with Crippen LogP contribution in [-0.2, 0) is 10.0 Å². The molecular formula is C10H22N2O2S2. The molecule has 0 saturated carbocycles. The first-order chi connectivity index (χ1) is 7.49. The molecule has 1 fully saturated rings. The van der Waals surface area contributed by atoms with Gasteiger partial charge in [0.2, 0.25) is 10.0 Å². The van der Waals surface area contributed by atoms with Crippen LogP contribution in [0.2, 0.25) is 0 Å². The quantitative estimate of drug-likeness (QED) is 0.715. The molecule has 2 N–H and O–H groups in total. The van der Waals surface area contributed by atoms with Gasteiger partial charge in [-0.25, -0.2) is 13.1 Å². The minimum Gasteiger partial charge on any atom is -0.313 e. The van der Waals surface area contributed by atoms with Crippen LogP contribution in [0.5, 0.6) is 0 Å². The summed E-state index contributed by atoms with van der Waals surface area (Å²) in [5.74, 6) is 1.34. The van der Waals surface area contributed by atoms with Gasteiger partial charge in [-0.05, 0) is 18.6 Å². The molecule has 4 nitrogen and oxygen atoms in total. The maximum atomic E-state index is 11.6. The molecule has 0 aliphatic carbocycles. The van der Waals surface area contributed by atoms with Gasteiger partial charge < -0.3 is 5.32 Å². The second-order valence-corrected chi connectivity index (χ2v) is 7.75. The first-order valence-corrected chi connectivity index (χ1v) is 8.52. The zero-order valence-electron chi connectivity index (χ0n) is 10.0. The average Bonchev–Trinajstić information content (AvgIpc) is 2.66. The Morgan fingerprint density at radius 2 is 2.19 bits per heavy atom. The van der Waals surface area contributed by atoms with Gasteiger partial charge in [0.15, 0.2) is 0 Å². The molecule has 0 amide bonds. The molecule has 0 aromatic heterocycles. The Morgan fingerprint density at radius 3 is 2.75 bits per heavy atom. The second-order valence-electron chi connectivity index (χ2n) is 4.41. The van der Waals surface area contributed by atoms with E-state index < -0.39 is 10.0 Å². The molecule has 1 heterocycles. The SMILES string of the molecule is CC(C)NCCS(=O)(=O)NCC1CCCS1. The van der Waals surface area contributed by atoms with Gasteiger partial charge in [0.05, 0.1) is 5.75 Å². The molecule has 1 unspecified atom stereocenters. The number of hydrogen-bond donors (Lipinski definition) is 2. The second kappa shape index (κ2) is 6.83. The lowest BCUT2D eigenvalue weighted by Gasteiger charge is -2.12. The number of thioether (sulfide) groups is 1. The fraction of sp³-hybridized carbons (Fsp3) is 1.00. The highest BCUT2D eigenvalue weighted by Gasteiger charge is 2.18. The first-order valence-electron chi connectivity index (χ1n) is 5.82. The number of nitrogens with one attached hydrogen (secondary N) is 2. The number of hydrogen-bond acceptors (Lipinski definition) is 4.